The summed E-state index contributed by atoms with van der Waals surface area (Å²) in [7, 11) is 0. The highest BCUT2D eigenvalue weighted by atomic mass is 32.2. The fraction of sp³-hybridized carbons (Fsp3) is 0.889. The van der Waals surface area contributed by atoms with E-state index in [-0.39, 0.29) is 6.54 Å². The second-order valence-corrected chi connectivity index (χ2v) is 4.53. The molecule has 0 radical (unpaired) electrons. The molecule has 1 aliphatic heterocycles. The average Bonchev–Trinajstić information content (AvgIpc) is 2.54. The molecule has 0 aliphatic carbocycles. The van der Waals surface area contributed by atoms with Crippen LogP contribution in [0.3, 0.4) is 0 Å². The molecule has 1 aliphatic rings. The van der Waals surface area contributed by atoms with Crippen molar-refractivity contribution >= 4 is 17.7 Å². The SMILES string of the molecule is CCCN(CC(=O)O)C1CCSC1. The van der Waals surface area contributed by atoms with E-state index >= 15 is 0 Å². The first-order valence-corrected chi connectivity index (χ1v) is 5.93. The van der Waals surface area contributed by atoms with Crippen molar-refractivity contribution in [2.45, 2.75) is 25.8 Å². The van der Waals surface area contributed by atoms with Crippen molar-refractivity contribution in [3.05, 3.63) is 0 Å². The molecular formula is C9H17NO2S. The van der Waals surface area contributed by atoms with Crippen LogP contribution in [0, 0.1) is 0 Å². The van der Waals surface area contributed by atoms with Crippen molar-refractivity contribution in [2.24, 2.45) is 0 Å². The minimum Gasteiger partial charge on any atom is -0.480 e. The monoisotopic (exact) mass is 203 g/mol. The molecule has 1 unspecified atom stereocenters. The maximum Gasteiger partial charge on any atom is 0.317 e. The molecular weight excluding hydrogens is 186 g/mol. The molecule has 0 saturated carbocycles. The third-order valence-corrected chi connectivity index (χ3v) is 3.42. The number of carboxylic acid groups (broad SMARTS) is 1. The number of carboxylic acids is 1. The van der Waals surface area contributed by atoms with Crippen molar-refractivity contribution in [1.29, 1.82) is 0 Å². The molecule has 0 amide bonds. The molecule has 76 valence electrons. The van der Waals surface area contributed by atoms with Crippen molar-refractivity contribution in [1.82, 2.24) is 4.90 Å². The van der Waals surface area contributed by atoms with Gasteiger partial charge in [0, 0.05) is 11.8 Å². The molecule has 1 N–H and O–H groups in total. The van der Waals surface area contributed by atoms with Crippen LogP contribution in [0.5, 0.6) is 0 Å². The average molecular weight is 203 g/mol. The summed E-state index contributed by atoms with van der Waals surface area (Å²) in [4.78, 5) is 12.7. The molecule has 1 saturated heterocycles. The summed E-state index contributed by atoms with van der Waals surface area (Å²) >= 11 is 1.93. The van der Waals surface area contributed by atoms with Crippen LogP contribution in [-0.2, 0) is 4.79 Å². The highest BCUT2D eigenvalue weighted by Crippen LogP contribution is 2.22. The minimum atomic E-state index is -0.703. The van der Waals surface area contributed by atoms with Gasteiger partial charge in [-0.15, -0.1) is 0 Å². The number of nitrogens with zero attached hydrogens (tertiary/aromatic N) is 1. The molecule has 0 aromatic heterocycles. The Morgan fingerprint density at radius 1 is 1.69 bits per heavy atom. The highest BCUT2D eigenvalue weighted by Gasteiger charge is 2.23. The van der Waals surface area contributed by atoms with Crippen molar-refractivity contribution in [2.75, 3.05) is 24.6 Å². The van der Waals surface area contributed by atoms with E-state index in [0.29, 0.717) is 6.04 Å². The summed E-state index contributed by atoms with van der Waals surface area (Å²) < 4.78 is 0. The van der Waals surface area contributed by atoms with Crippen molar-refractivity contribution in [3.8, 4) is 0 Å². The zero-order valence-corrected chi connectivity index (χ0v) is 8.85. The predicted octanol–water partition coefficient (Wildman–Crippen LogP) is 1.29. The lowest BCUT2D eigenvalue weighted by atomic mass is 10.2. The van der Waals surface area contributed by atoms with Crippen LogP contribution < -0.4 is 0 Å². The summed E-state index contributed by atoms with van der Waals surface area (Å²) in [6.45, 7) is 3.22. The molecule has 0 bridgehead atoms. The van der Waals surface area contributed by atoms with Gasteiger partial charge in [-0.25, -0.2) is 0 Å². The van der Waals surface area contributed by atoms with E-state index in [1.54, 1.807) is 0 Å². The molecule has 3 nitrogen and oxygen atoms in total. The molecule has 0 aromatic rings. The summed E-state index contributed by atoms with van der Waals surface area (Å²) in [6, 6.07) is 0.501. The lowest BCUT2D eigenvalue weighted by Gasteiger charge is -2.25. The Balaban J connectivity index is 2.39. The third kappa shape index (κ3) is 3.56. The fourth-order valence-electron chi connectivity index (χ4n) is 1.66. The second-order valence-electron chi connectivity index (χ2n) is 3.38. The fourth-order valence-corrected chi connectivity index (χ4v) is 2.92. The molecule has 1 atom stereocenters. The number of rotatable bonds is 5. The zero-order chi connectivity index (χ0) is 9.68. The summed E-state index contributed by atoms with van der Waals surface area (Å²) in [5, 5.41) is 8.72. The summed E-state index contributed by atoms with van der Waals surface area (Å²) in [5.41, 5.74) is 0. The third-order valence-electron chi connectivity index (χ3n) is 2.27. The predicted molar refractivity (Wildman–Crippen MR) is 55.2 cm³/mol. The first kappa shape index (κ1) is 10.9. The van der Waals surface area contributed by atoms with Crippen molar-refractivity contribution in [3.63, 3.8) is 0 Å². The first-order chi connectivity index (χ1) is 6.24. The van der Waals surface area contributed by atoms with Gasteiger partial charge in [0.1, 0.15) is 0 Å². The Hall–Kier alpha value is -0.220. The van der Waals surface area contributed by atoms with E-state index in [1.165, 1.54) is 5.75 Å². The van der Waals surface area contributed by atoms with Gasteiger partial charge in [0.15, 0.2) is 0 Å². The first-order valence-electron chi connectivity index (χ1n) is 4.77. The number of carbonyl (C=O) groups is 1. The van der Waals surface area contributed by atoms with E-state index in [4.69, 9.17) is 5.11 Å². The number of aliphatic carboxylic acids is 1. The molecule has 1 rings (SSSR count). The van der Waals surface area contributed by atoms with Crippen LogP contribution in [0.15, 0.2) is 0 Å². The van der Waals surface area contributed by atoms with Crippen LogP contribution >= 0.6 is 11.8 Å². The van der Waals surface area contributed by atoms with E-state index in [9.17, 15) is 4.79 Å². The molecule has 1 fully saturated rings. The molecule has 4 heteroatoms. The van der Waals surface area contributed by atoms with E-state index < -0.39 is 5.97 Å². The van der Waals surface area contributed by atoms with Crippen LogP contribution in [0.2, 0.25) is 0 Å². The van der Waals surface area contributed by atoms with Crippen LogP contribution in [0.1, 0.15) is 19.8 Å². The van der Waals surface area contributed by atoms with Gasteiger partial charge in [-0.05, 0) is 25.1 Å². The van der Waals surface area contributed by atoms with Crippen molar-refractivity contribution < 1.29 is 9.90 Å². The molecule has 0 aromatic carbocycles. The quantitative estimate of drug-likeness (QED) is 0.731. The Morgan fingerprint density at radius 2 is 2.46 bits per heavy atom. The summed E-state index contributed by atoms with van der Waals surface area (Å²) in [6.07, 6.45) is 2.19. The number of hydrogen-bond donors (Lipinski definition) is 1. The highest BCUT2D eigenvalue weighted by molar-refractivity contribution is 7.99. The Bertz CT molecular complexity index is 169. The van der Waals surface area contributed by atoms with E-state index in [0.717, 1.165) is 25.1 Å². The van der Waals surface area contributed by atoms with E-state index in [1.807, 2.05) is 11.8 Å². The zero-order valence-electron chi connectivity index (χ0n) is 8.03. The Labute approximate surface area is 83.5 Å². The largest absolute Gasteiger partial charge is 0.480 e. The Morgan fingerprint density at radius 3 is 2.92 bits per heavy atom. The van der Waals surface area contributed by atoms with Gasteiger partial charge in [0.25, 0.3) is 0 Å². The molecule has 0 spiro atoms. The number of thioether (sulfide) groups is 1. The lowest BCUT2D eigenvalue weighted by molar-refractivity contribution is -0.138. The standard InChI is InChI=1S/C9H17NO2S/c1-2-4-10(6-9(11)12)8-3-5-13-7-8/h8H,2-7H2,1H3,(H,11,12). The van der Waals surface area contributed by atoms with Crippen LogP contribution in [0.4, 0.5) is 0 Å². The maximum atomic E-state index is 10.6. The molecule has 1 heterocycles. The second kappa shape index (κ2) is 5.50. The van der Waals surface area contributed by atoms with Gasteiger partial charge in [-0.3, -0.25) is 9.69 Å². The number of hydrogen-bond acceptors (Lipinski definition) is 3. The molecule has 13 heavy (non-hydrogen) atoms. The normalized spacial score (nSPS) is 22.5. The maximum absolute atomic E-state index is 10.6. The van der Waals surface area contributed by atoms with Gasteiger partial charge < -0.3 is 5.11 Å². The Kier molecular flexibility index (Phi) is 4.59. The van der Waals surface area contributed by atoms with E-state index in [2.05, 4.69) is 11.8 Å². The van der Waals surface area contributed by atoms with Gasteiger partial charge in [0.2, 0.25) is 0 Å². The van der Waals surface area contributed by atoms with Gasteiger partial charge in [-0.2, -0.15) is 11.8 Å². The summed E-state index contributed by atoms with van der Waals surface area (Å²) in [5.74, 6) is 1.59. The minimum absolute atomic E-state index is 0.207. The van der Waals surface area contributed by atoms with Gasteiger partial charge in [0.05, 0.1) is 6.54 Å². The van der Waals surface area contributed by atoms with Crippen LogP contribution in [-0.4, -0.2) is 46.6 Å². The van der Waals surface area contributed by atoms with Gasteiger partial charge >= 0.3 is 5.97 Å². The topological polar surface area (TPSA) is 40.5 Å². The van der Waals surface area contributed by atoms with Crippen LogP contribution in [0.25, 0.3) is 0 Å². The van der Waals surface area contributed by atoms with Gasteiger partial charge in [-0.1, -0.05) is 6.92 Å². The smallest absolute Gasteiger partial charge is 0.317 e. The lowest BCUT2D eigenvalue weighted by Crippen LogP contribution is -2.39.